The van der Waals surface area contributed by atoms with Crippen LogP contribution in [-0.4, -0.2) is 38.0 Å². The number of aliphatic hydroxyl groups excluding tert-OH is 1. The molecule has 1 saturated carbocycles. The smallest absolute Gasteiger partial charge is 0.229 e. The molecule has 1 fully saturated rings. The summed E-state index contributed by atoms with van der Waals surface area (Å²) < 4.78 is 31.8. The average Bonchev–Trinajstić information content (AvgIpc) is 2.55. The first kappa shape index (κ1) is 18.5. The minimum Gasteiger partial charge on any atom is -0.484 e. The summed E-state index contributed by atoms with van der Waals surface area (Å²) in [5.41, 5.74) is 0.787. The highest BCUT2D eigenvalue weighted by molar-refractivity contribution is 7.92. The molecule has 1 aromatic rings. The Labute approximate surface area is 150 Å². The fraction of sp³-hybridized carbons (Fsp3) is 0.667. The molecule has 6 nitrogen and oxygen atoms in total. The Morgan fingerprint density at radius 1 is 1.28 bits per heavy atom. The molecule has 2 atom stereocenters. The SMILES string of the molecule is CCCNC1c2ccc(NS(C)(=O)=O)cc2OC2(CCCCC2)C1O. The molecule has 0 radical (unpaired) electrons. The number of anilines is 1. The van der Waals surface area contributed by atoms with Crippen LogP contribution >= 0.6 is 0 Å². The van der Waals surface area contributed by atoms with Gasteiger partial charge >= 0.3 is 0 Å². The number of nitrogens with one attached hydrogen (secondary N) is 2. The maximum absolute atomic E-state index is 11.5. The maximum Gasteiger partial charge on any atom is 0.229 e. The fourth-order valence-electron chi connectivity index (χ4n) is 3.98. The van der Waals surface area contributed by atoms with Crippen LogP contribution in [0.4, 0.5) is 5.69 Å². The summed E-state index contributed by atoms with van der Waals surface area (Å²) in [6.07, 6.45) is 6.37. The topological polar surface area (TPSA) is 87.7 Å². The van der Waals surface area contributed by atoms with Crippen molar-refractivity contribution in [2.75, 3.05) is 17.5 Å². The lowest BCUT2D eigenvalue weighted by Gasteiger charge is -2.48. The highest BCUT2D eigenvalue weighted by Crippen LogP contribution is 2.47. The predicted molar refractivity (Wildman–Crippen MR) is 98.4 cm³/mol. The molecule has 0 amide bonds. The standard InChI is InChI=1S/C18H28N2O4S/c1-3-11-19-16-14-8-7-13(20-25(2,22)23)12-15(14)24-18(17(16)21)9-5-4-6-10-18/h7-8,12,16-17,19-21H,3-6,9-11H2,1-2H3. The molecule has 1 heterocycles. The zero-order valence-electron chi connectivity index (χ0n) is 14.9. The zero-order valence-corrected chi connectivity index (χ0v) is 15.7. The van der Waals surface area contributed by atoms with Gasteiger partial charge in [-0.1, -0.05) is 19.4 Å². The van der Waals surface area contributed by atoms with E-state index in [-0.39, 0.29) is 6.04 Å². The Balaban J connectivity index is 1.98. The van der Waals surface area contributed by atoms with Gasteiger partial charge in [0.25, 0.3) is 0 Å². The number of aliphatic hydroxyl groups is 1. The second-order valence-corrected chi connectivity index (χ2v) is 8.98. The lowest BCUT2D eigenvalue weighted by atomic mass is 9.75. The Bertz CT molecular complexity index is 714. The quantitative estimate of drug-likeness (QED) is 0.743. The summed E-state index contributed by atoms with van der Waals surface area (Å²) >= 11 is 0. The van der Waals surface area contributed by atoms with Crippen molar-refractivity contribution in [3.05, 3.63) is 23.8 Å². The van der Waals surface area contributed by atoms with Crippen molar-refractivity contribution in [2.45, 2.75) is 63.2 Å². The molecule has 25 heavy (non-hydrogen) atoms. The van der Waals surface area contributed by atoms with E-state index >= 15 is 0 Å². The van der Waals surface area contributed by atoms with E-state index in [1.54, 1.807) is 12.1 Å². The third-order valence-electron chi connectivity index (χ3n) is 5.13. The highest BCUT2D eigenvalue weighted by atomic mass is 32.2. The maximum atomic E-state index is 11.5. The van der Waals surface area contributed by atoms with Crippen LogP contribution in [0.5, 0.6) is 5.75 Å². The lowest BCUT2D eigenvalue weighted by Crippen LogP contribution is -2.57. The van der Waals surface area contributed by atoms with Crippen molar-refractivity contribution in [3.63, 3.8) is 0 Å². The second kappa shape index (κ2) is 7.13. The van der Waals surface area contributed by atoms with E-state index in [1.165, 1.54) is 0 Å². The molecule has 0 saturated heterocycles. The molecular formula is C18H28N2O4S. The highest BCUT2D eigenvalue weighted by Gasteiger charge is 2.49. The first-order valence-corrected chi connectivity index (χ1v) is 11.0. The van der Waals surface area contributed by atoms with Gasteiger partial charge < -0.3 is 15.2 Å². The molecule has 1 spiro atoms. The van der Waals surface area contributed by atoms with Crippen molar-refractivity contribution < 1.29 is 18.3 Å². The zero-order chi connectivity index (χ0) is 18.1. The molecular weight excluding hydrogens is 340 g/mol. The minimum absolute atomic E-state index is 0.200. The van der Waals surface area contributed by atoms with E-state index < -0.39 is 21.7 Å². The van der Waals surface area contributed by atoms with Gasteiger partial charge in [0.15, 0.2) is 0 Å². The number of sulfonamides is 1. The van der Waals surface area contributed by atoms with E-state index in [0.717, 1.165) is 56.9 Å². The molecule has 140 valence electrons. The summed E-state index contributed by atoms with van der Waals surface area (Å²) in [6, 6.07) is 5.10. The Hall–Kier alpha value is -1.31. The summed E-state index contributed by atoms with van der Waals surface area (Å²) in [4.78, 5) is 0. The molecule has 0 aromatic heterocycles. The van der Waals surface area contributed by atoms with E-state index in [4.69, 9.17) is 4.74 Å². The molecule has 2 aliphatic rings. The molecule has 1 aliphatic heterocycles. The van der Waals surface area contributed by atoms with Crippen LogP contribution in [0.25, 0.3) is 0 Å². The van der Waals surface area contributed by atoms with Crippen LogP contribution in [0, 0.1) is 0 Å². The number of ether oxygens (including phenoxy) is 1. The van der Waals surface area contributed by atoms with Gasteiger partial charge in [0.1, 0.15) is 17.5 Å². The Kier molecular flexibility index (Phi) is 5.27. The van der Waals surface area contributed by atoms with E-state index in [9.17, 15) is 13.5 Å². The Morgan fingerprint density at radius 2 is 2.00 bits per heavy atom. The molecule has 3 N–H and O–H groups in total. The van der Waals surface area contributed by atoms with Gasteiger partial charge in [-0.2, -0.15) is 0 Å². The molecule has 7 heteroatoms. The van der Waals surface area contributed by atoms with Crippen LogP contribution in [0.3, 0.4) is 0 Å². The van der Waals surface area contributed by atoms with Gasteiger partial charge in [0, 0.05) is 11.6 Å². The van der Waals surface area contributed by atoms with E-state index in [1.807, 2.05) is 6.07 Å². The summed E-state index contributed by atoms with van der Waals surface area (Å²) in [6.45, 7) is 2.90. The van der Waals surface area contributed by atoms with Crippen LogP contribution in [-0.2, 0) is 10.0 Å². The second-order valence-electron chi connectivity index (χ2n) is 7.23. The summed E-state index contributed by atoms with van der Waals surface area (Å²) in [5, 5.41) is 14.5. The Morgan fingerprint density at radius 3 is 2.64 bits per heavy atom. The summed E-state index contributed by atoms with van der Waals surface area (Å²) in [5.74, 6) is 0.662. The molecule has 2 unspecified atom stereocenters. The minimum atomic E-state index is -3.35. The van der Waals surface area contributed by atoms with Crippen LogP contribution < -0.4 is 14.8 Å². The number of rotatable bonds is 5. The van der Waals surface area contributed by atoms with E-state index in [2.05, 4.69) is 17.0 Å². The first-order valence-electron chi connectivity index (χ1n) is 9.07. The number of benzene rings is 1. The van der Waals surface area contributed by atoms with Gasteiger partial charge in [-0.25, -0.2) is 8.42 Å². The van der Waals surface area contributed by atoms with Crippen molar-refractivity contribution in [1.82, 2.24) is 5.32 Å². The fourth-order valence-corrected chi connectivity index (χ4v) is 4.54. The molecule has 0 bridgehead atoms. The monoisotopic (exact) mass is 368 g/mol. The number of hydrogen-bond donors (Lipinski definition) is 3. The molecule has 3 rings (SSSR count). The van der Waals surface area contributed by atoms with Gasteiger partial charge in [0.2, 0.25) is 10.0 Å². The van der Waals surface area contributed by atoms with Crippen molar-refractivity contribution in [3.8, 4) is 5.75 Å². The predicted octanol–water partition coefficient (Wildman–Crippen LogP) is 2.56. The summed E-state index contributed by atoms with van der Waals surface area (Å²) in [7, 11) is -3.35. The van der Waals surface area contributed by atoms with Crippen LogP contribution in [0.1, 0.15) is 57.1 Å². The van der Waals surface area contributed by atoms with Gasteiger partial charge in [-0.3, -0.25) is 4.72 Å². The third kappa shape index (κ3) is 3.93. The van der Waals surface area contributed by atoms with Crippen molar-refractivity contribution in [1.29, 1.82) is 0 Å². The number of fused-ring (bicyclic) bond motifs is 1. The van der Waals surface area contributed by atoms with Crippen molar-refractivity contribution in [2.24, 2.45) is 0 Å². The molecule has 1 aliphatic carbocycles. The van der Waals surface area contributed by atoms with Gasteiger partial charge in [-0.15, -0.1) is 0 Å². The van der Waals surface area contributed by atoms with Gasteiger partial charge in [-0.05, 0) is 44.7 Å². The average molecular weight is 368 g/mol. The molecule has 1 aromatic carbocycles. The van der Waals surface area contributed by atoms with Crippen LogP contribution in [0.15, 0.2) is 18.2 Å². The van der Waals surface area contributed by atoms with Crippen LogP contribution in [0.2, 0.25) is 0 Å². The first-order chi connectivity index (χ1) is 11.8. The number of hydrogen-bond acceptors (Lipinski definition) is 5. The normalized spacial score (nSPS) is 25.2. The largest absolute Gasteiger partial charge is 0.484 e. The third-order valence-corrected chi connectivity index (χ3v) is 5.74. The van der Waals surface area contributed by atoms with Crippen molar-refractivity contribution >= 4 is 15.7 Å². The van der Waals surface area contributed by atoms with Gasteiger partial charge in [0.05, 0.1) is 18.0 Å². The van der Waals surface area contributed by atoms with E-state index in [0.29, 0.717) is 11.4 Å². The lowest BCUT2D eigenvalue weighted by molar-refractivity contribution is -0.107.